The van der Waals surface area contributed by atoms with Crippen molar-refractivity contribution in [3.63, 3.8) is 0 Å². The fourth-order valence-corrected chi connectivity index (χ4v) is 4.67. The number of amides is 1. The predicted octanol–water partition coefficient (Wildman–Crippen LogP) is 1.08. The molecule has 0 aliphatic carbocycles. The third-order valence-electron chi connectivity index (χ3n) is 4.61. The van der Waals surface area contributed by atoms with Crippen LogP contribution in [0.25, 0.3) is 0 Å². The molecule has 1 amide bonds. The lowest BCUT2D eigenvalue weighted by atomic mass is 9.96. The van der Waals surface area contributed by atoms with Crippen molar-refractivity contribution in [1.29, 1.82) is 0 Å². The zero-order valence-electron chi connectivity index (χ0n) is 15.0. The molecule has 0 bridgehead atoms. The van der Waals surface area contributed by atoms with Gasteiger partial charge in [0.25, 0.3) is 5.91 Å². The Morgan fingerprint density at radius 3 is 2.74 bits per heavy atom. The topological polar surface area (TPSA) is 101 Å². The van der Waals surface area contributed by atoms with E-state index in [4.69, 9.17) is 4.74 Å². The Morgan fingerprint density at radius 1 is 1.30 bits per heavy atom. The number of sulfonamides is 1. The number of hydrogen-bond acceptors (Lipinski definition) is 6. The molecule has 1 unspecified atom stereocenters. The molecule has 1 atom stereocenters. The van der Waals surface area contributed by atoms with E-state index in [-0.39, 0.29) is 23.0 Å². The van der Waals surface area contributed by atoms with E-state index in [1.165, 1.54) is 18.6 Å². The summed E-state index contributed by atoms with van der Waals surface area (Å²) in [6, 6.07) is 8.20. The van der Waals surface area contributed by atoms with Gasteiger partial charge in [0.1, 0.15) is 5.69 Å². The highest BCUT2D eigenvalue weighted by atomic mass is 32.2. The molecule has 27 heavy (non-hydrogen) atoms. The van der Waals surface area contributed by atoms with E-state index in [1.54, 1.807) is 42.3 Å². The number of carbonyl (C=O) groups is 1. The second-order valence-corrected chi connectivity index (χ2v) is 8.19. The molecule has 2 heterocycles. The smallest absolute Gasteiger partial charge is 0.274 e. The molecule has 2 aromatic rings. The molecule has 3 rings (SSSR count). The minimum absolute atomic E-state index is 0.195. The van der Waals surface area contributed by atoms with Gasteiger partial charge < -0.3 is 9.64 Å². The Bertz CT molecular complexity index is 877. The van der Waals surface area contributed by atoms with Gasteiger partial charge in [-0.05, 0) is 25.0 Å². The summed E-state index contributed by atoms with van der Waals surface area (Å²) < 4.78 is 33.6. The lowest BCUT2D eigenvalue weighted by Gasteiger charge is -2.30. The highest BCUT2D eigenvalue weighted by Crippen LogP contribution is 2.28. The quantitative estimate of drug-likeness (QED) is 0.759. The minimum Gasteiger partial charge on any atom is -0.385 e. The van der Waals surface area contributed by atoms with E-state index < -0.39 is 15.6 Å². The summed E-state index contributed by atoms with van der Waals surface area (Å²) in [6.07, 6.45) is 5.32. The number of hydrogen-bond donors (Lipinski definition) is 1. The van der Waals surface area contributed by atoms with Gasteiger partial charge in [-0.2, -0.15) is 0 Å². The van der Waals surface area contributed by atoms with Crippen LogP contribution in [0.15, 0.2) is 53.8 Å². The van der Waals surface area contributed by atoms with Crippen molar-refractivity contribution in [2.24, 2.45) is 0 Å². The Kier molecular flexibility index (Phi) is 5.83. The van der Waals surface area contributed by atoms with Crippen LogP contribution in [-0.2, 0) is 14.8 Å². The second-order valence-electron chi connectivity index (χ2n) is 6.51. The van der Waals surface area contributed by atoms with Crippen LogP contribution in [0.4, 0.5) is 0 Å². The summed E-state index contributed by atoms with van der Waals surface area (Å²) in [4.78, 5) is 22.4. The Hall–Kier alpha value is -2.36. The third kappa shape index (κ3) is 4.49. The standard InChI is InChI=1S/C18H22N4O4S/c1-26-12-8-18(21-27(24,25)15-5-3-2-4-6-15)7-11-22(14-18)17(23)16-13-19-9-10-20-16/h2-6,9-10,13,21H,7-8,11-12,14H2,1H3. The zero-order chi connectivity index (χ0) is 19.3. The molecule has 1 aliphatic rings. The van der Waals surface area contributed by atoms with Gasteiger partial charge in [0.15, 0.2) is 0 Å². The largest absolute Gasteiger partial charge is 0.385 e. The first-order chi connectivity index (χ1) is 13.0. The van der Waals surface area contributed by atoms with Crippen LogP contribution in [0.5, 0.6) is 0 Å². The fraction of sp³-hybridized carbons (Fsp3) is 0.389. The molecule has 0 saturated carbocycles. The summed E-state index contributed by atoms with van der Waals surface area (Å²) in [6.45, 7) is 1.05. The van der Waals surface area contributed by atoms with Gasteiger partial charge in [-0.25, -0.2) is 18.1 Å². The number of nitrogens with one attached hydrogen (secondary N) is 1. The van der Waals surface area contributed by atoms with Crippen LogP contribution in [0.2, 0.25) is 0 Å². The minimum atomic E-state index is -3.72. The van der Waals surface area contributed by atoms with Crippen LogP contribution in [0, 0.1) is 0 Å². The van der Waals surface area contributed by atoms with Crippen molar-refractivity contribution in [3.8, 4) is 0 Å². The van der Waals surface area contributed by atoms with Crippen molar-refractivity contribution < 1.29 is 17.9 Å². The SMILES string of the molecule is COCCC1(NS(=O)(=O)c2ccccc2)CCN(C(=O)c2cnccn2)C1. The zero-order valence-corrected chi connectivity index (χ0v) is 15.9. The number of likely N-dealkylation sites (tertiary alicyclic amines) is 1. The molecule has 1 aromatic carbocycles. The van der Waals surface area contributed by atoms with Crippen LogP contribution >= 0.6 is 0 Å². The average molecular weight is 390 g/mol. The van der Waals surface area contributed by atoms with Gasteiger partial charge in [-0.15, -0.1) is 0 Å². The van der Waals surface area contributed by atoms with Crippen molar-refractivity contribution in [2.45, 2.75) is 23.3 Å². The van der Waals surface area contributed by atoms with E-state index in [1.807, 2.05) is 0 Å². The number of benzene rings is 1. The molecule has 1 aromatic heterocycles. The van der Waals surface area contributed by atoms with Gasteiger partial charge >= 0.3 is 0 Å². The van der Waals surface area contributed by atoms with Gasteiger partial charge in [0.2, 0.25) is 10.0 Å². The van der Waals surface area contributed by atoms with Gasteiger partial charge in [-0.3, -0.25) is 9.78 Å². The molecule has 1 aliphatic heterocycles. The van der Waals surface area contributed by atoms with Crippen LogP contribution in [0.3, 0.4) is 0 Å². The lowest BCUT2D eigenvalue weighted by Crippen LogP contribution is -2.51. The molecule has 1 saturated heterocycles. The summed E-state index contributed by atoms with van der Waals surface area (Å²) in [5, 5.41) is 0. The van der Waals surface area contributed by atoms with Crippen molar-refractivity contribution in [2.75, 3.05) is 26.8 Å². The fourth-order valence-electron chi connectivity index (χ4n) is 3.20. The predicted molar refractivity (Wildman–Crippen MR) is 98.5 cm³/mol. The van der Waals surface area contributed by atoms with Crippen molar-refractivity contribution >= 4 is 15.9 Å². The number of nitrogens with zero attached hydrogens (tertiary/aromatic N) is 3. The maximum Gasteiger partial charge on any atom is 0.274 e. The van der Waals surface area contributed by atoms with Crippen molar-refractivity contribution in [3.05, 3.63) is 54.6 Å². The summed E-state index contributed by atoms with van der Waals surface area (Å²) in [7, 11) is -2.15. The summed E-state index contributed by atoms with van der Waals surface area (Å²) >= 11 is 0. The molecular formula is C18H22N4O4S. The molecule has 9 heteroatoms. The molecule has 0 radical (unpaired) electrons. The number of ether oxygens (including phenoxy) is 1. The Labute approximate surface area is 158 Å². The number of methoxy groups -OCH3 is 1. The molecule has 1 fully saturated rings. The maximum atomic E-state index is 12.8. The number of carbonyl (C=O) groups excluding carboxylic acids is 1. The second kappa shape index (κ2) is 8.12. The highest BCUT2D eigenvalue weighted by Gasteiger charge is 2.43. The van der Waals surface area contributed by atoms with Crippen LogP contribution in [-0.4, -0.2) is 61.5 Å². The van der Waals surface area contributed by atoms with E-state index >= 15 is 0 Å². The van der Waals surface area contributed by atoms with E-state index in [0.29, 0.717) is 26.0 Å². The molecule has 8 nitrogen and oxygen atoms in total. The Balaban J connectivity index is 1.81. The highest BCUT2D eigenvalue weighted by molar-refractivity contribution is 7.89. The Morgan fingerprint density at radius 2 is 2.07 bits per heavy atom. The van der Waals surface area contributed by atoms with Gasteiger partial charge in [-0.1, -0.05) is 18.2 Å². The summed E-state index contributed by atoms with van der Waals surface area (Å²) in [5.41, 5.74) is -0.548. The number of rotatable bonds is 7. The third-order valence-corrected chi connectivity index (χ3v) is 6.21. The summed E-state index contributed by atoms with van der Waals surface area (Å²) in [5.74, 6) is -0.263. The van der Waals surface area contributed by atoms with Crippen LogP contribution < -0.4 is 4.72 Å². The van der Waals surface area contributed by atoms with E-state index in [0.717, 1.165) is 0 Å². The first kappa shape index (κ1) is 19.4. The van der Waals surface area contributed by atoms with Crippen molar-refractivity contribution in [1.82, 2.24) is 19.6 Å². The first-order valence-corrected chi connectivity index (χ1v) is 10.1. The van der Waals surface area contributed by atoms with E-state index in [2.05, 4.69) is 14.7 Å². The van der Waals surface area contributed by atoms with E-state index in [9.17, 15) is 13.2 Å². The monoisotopic (exact) mass is 390 g/mol. The van der Waals surface area contributed by atoms with Gasteiger partial charge in [0.05, 0.1) is 16.6 Å². The number of aromatic nitrogens is 2. The first-order valence-electron chi connectivity index (χ1n) is 8.59. The molecular weight excluding hydrogens is 368 g/mol. The lowest BCUT2D eigenvalue weighted by molar-refractivity contribution is 0.0769. The molecule has 144 valence electrons. The normalized spacial score (nSPS) is 20.0. The molecule has 1 N–H and O–H groups in total. The maximum absolute atomic E-state index is 12.8. The van der Waals surface area contributed by atoms with Crippen LogP contribution in [0.1, 0.15) is 23.3 Å². The van der Waals surface area contributed by atoms with Gasteiger partial charge in [0, 0.05) is 39.2 Å². The average Bonchev–Trinajstić information content (AvgIpc) is 3.10. The molecule has 0 spiro atoms.